The smallest absolute Gasteiger partial charge is 0.244 e. The van der Waals surface area contributed by atoms with Gasteiger partial charge in [-0.05, 0) is 49.2 Å². The Kier molecular flexibility index (Phi) is 7.86. The molecule has 2 aromatic rings. The van der Waals surface area contributed by atoms with Gasteiger partial charge in [0.1, 0.15) is 12.6 Å². The second-order valence-corrected chi connectivity index (χ2v) is 9.33. The number of rotatable bonds is 8. The van der Waals surface area contributed by atoms with E-state index in [2.05, 4.69) is 5.32 Å². The molecule has 0 heterocycles. The van der Waals surface area contributed by atoms with Gasteiger partial charge in [0.15, 0.2) is 0 Å². The summed E-state index contributed by atoms with van der Waals surface area (Å²) in [6.07, 6.45) is 1.03. The average molecular weight is 452 g/mol. The van der Waals surface area contributed by atoms with Crippen molar-refractivity contribution < 1.29 is 18.0 Å². The van der Waals surface area contributed by atoms with Crippen molar-refractivity contribution in [2.45, 2.75) is 26.4 Å². The number of anilines is 1. The van der Waals surface area contributed by atoms with Gasteiger partial charge in [0.25, 0.3) is 0 Å². The van der Waals surface area contributed by atoms with Crippen LogP contribution in [0.1, 0.15) is 18.1 Å². The number of nitrogens with zero attached hydrogens (tertiary/aromatic N) is 2. The molecule has 0 aliphatic rings. The van der Waals surface area contributed by atoms with Gasteiger partial charge in [-0.15, -0.1) is 0 Å². The predicted octanol–water partition coefficient (Wildman–Crippen LogP) is 2.58. The van der Waals surface area contributed by atoms with Gasteiger partial charge in [-0.1, -0.05) is 35.9 Å². The van der Waals surface area contributed by atoms with Gasteiger partial charge < -0.3 is 10.2 Å². The Hall–Kier alpha value is -2.58. The Morgan fingerprint density at radius 3 is 2.23 bits per heavy atom. The molecule has 0 saturated carbocycles. The van der Waals surface area contributed by atoms with Crippen LogP contribution in [0.4, 0.5) is 5.69 Å². The number of amides is 2. The molecule has 1 N–H and O–H groups in total. The Labute approximate surface area is 182 Å². The van der Waals surface area contributed by atoms with Crippen molar-refractivity contribution >= 4 is 39.1 Å². The molecule has 0 fully saturated rings. The van der Waals surface area contributed by atoms with Gasteiger partial charge in [-0.25, -0.2) is 8.42 Å². The fourth-order valence-electron chi connectivity index (χ4n) is 2.98. The molecule has 2 aromatic carbocycles. The van der Waals surface area contributed by atoms with Gasteiger partial charge in [-0.2, -0.15) is 0 Å². The lowest BCUT2D eigenvalue weighted by molar-refractivity contribution is -0.139. The molecule has 0 aliphatic heterocycles. The second kappa shape index (κ2) is 9.95. The maximum atomic E-state index is 13.2. The summed E-state index contributed by atoms with van der Waals surface area (Å²) in [4.78, 5) is 26.9. The molecule has 0 saturated heterocycles. The van der Waals surface area contributed by atoms with Gasteiger partial charge in [-0.3, -0.25) is 13.9 Å². The molecule has 0 aromatic heterocycles. The summed E-state index contributed by atoms with van der Waals surface area (Å²) in [7, 11) is -2.26. The summed E-state index contributed by atoms with van der Waals surface area (Å²) in [6.45, 7) is 3.27. The second-order valence-electron chi connectivity index (χ2n) is 6.98. The van der Waals surface area contributed by atoms with Crippen molar-refractivity contribution in [1.29, 1.82) is 0 Å². The first-order valence-electron chi connectivity index (χ1n) is 9.33. The summed E-state index contributed by atoms with van der Waals surface area (Å²) in [6, 6.07) is 12.9. The Balaban J connectivity index is 2.38. The minimum Gasteiger partial charge on any atom is -0.357 e. The minimum absolute atomic E-state index is 0.179. The first kappa shape index (κ1) is 23.7. The number of aryl methyl sites for hydroxylation is 1. The van der Waals surface area contributed by atoms with Gasteiger partial charge in [0.05, 0.1) is 11.9 Å². The van der Waals surface area contributed by atoms with E-state index in [4.69, 9.17) is 11.6 Å². The highest BCUT2D eigenvalue weighted by molar-refractivity contribution is 7.92. The van der Waals surface area contributed by atoms with E-state index in [1.807, 2.05) is 31.2 Å². The van der Waals surface area contributed by atoms with E-state index in [9.17, 15) is 18.0 Å². The van der Waals surface area contributed by atoms with Crippen molar-refractivity contribution in [3.8, 4) is 0 Å². The minimum atomic E-state index is -3.75. The molecule has 0 aliphatic carbocycles. The number of halogens is 1. The van der Waals surface area contributed by atoms with Crippen molar-refractivity contribution in [3.05, 3.63) is 64.7 Å². The fraction of sp³-hybridized carbons (Fsp3) is 0.333. The number of benzene rings is 2. The third kappa shape index (κ3) is 5.96. The third-order valence-corrected chi connectivity index (χ3v) is 6.20. The van der Waals surface area contributed by atoms with Crippen LogP contribution in [0.5, 0.6) is 0 Å². The number of carbonyl (C=O) groups excluding carboxylic acids is 2. The molecule has 162 valence electrons. The van der Waals surface area contributed by atoms with Crippen LogP contribution in [-0.4, -0.2) is 51.0 Å². The van der Waals surface area contributed by atoms with E-state index >= 15 is 0 Å². The zero-order chi connectivity index (χ0) is 22.5. The van der Waals surface area contributed by atoms with Crippen molar-refractivity contribution in [3.63, 3.8) is 0 Å². The Bertz CT molecular complexity index is 1010. The lowest BCUT2D eigenvalue weighted by Crippen LogP contribution is -2.50. The van der Waals surface area contributed by atoms with Gasteiger partial charge in [0.2, 0.25) is 21.8 Å². The SMILES string of the molecule is CNC(=O)C(C)N(Cc1ccccc1C)C(=O)CN(c1ccc(Cl)cc1)S(C)(=O)=O. The highest BCUT2D eigenvalue weighted by atomic mass is 35.5. The molecule has 0 radical (unpaired) electrons. The predicted molar refractivity (Wildman–Crippen MR) is 119 cm³/mol. The summed E-state index contributed by atoms with van der Waals surface area (Å²) >= 11 is 5.90. The van der Waals surface area contributed by atoms with E-state index in [0.29, 0.717) is 10.7 Å². The number of nitrogens with one attached hydrogen (secondary N) is 1. The molecule has 9 heteroatoms. The van der Waals surface area contributed by atoms with E-state index in [1.54, 1.807) is 19.1 Å². The maximum Gasteiger partial charge on any atom is 0.244 e. The molecular weight excluding hydrogens is 426 g/mol. The third-order valence-electron chi connectivity index (χ3n) is 4.81. The first-order valence-corrected chi connectivity index (χ1v) is 11.6. The highest BCUT2D eigenvalue weighted by Gasteiger charge is 2.29. The lowest BCUT2D eigenvalue weighted by Gasteiger charge is -2.31. The van der Waals surface area contributed by atoms with Crippen molar-refractivity contribution in [2.75, 3.05) is 24.2 Å². The highest BCUT2D eigenvalue weighted by Crippen LogP contribution is 2.21. The molecule has 2 amide bonds. The average Bonchev–Trinajstić information content (AvgIpc) is 2.70. The molecule has 0 bridgehead atoms. The van der Waals surface area contributed by atoms with E-state index in [0.717, 1.165) is 21.7 Å². The maximum absolute atomic E-state index is 13.2. The molecule has 1 atom stereocenters. The van der Waals surface area contributed by atoms with E-state index < -0.39 is 28.5 Å². The number of hydrogen-bond acceptors (Lipinski definition) is 4. The summed E-state index contributed by atoms with van der Waals surface area (Å²) in [5.41, 5.74) is 2.16. The summed E-state index contributed by atoms with van der Waals surface area (Å²) < 4.78 is 25.8. The monoisotopic (exact) mass is 451 g/mol. The lowest BCUT2D eigenvalue weighted by atomic mass is 10.1. The number of sulfonamides is 1. The summed E-state index contributed by atoms with van der Waals surface area (Å²) in [5, 5.41) is 2.99. The van der Waals surface area contributed by atoms with E-state index in [-0.39, 0.29) is 12.5 Å². The number of likely N-dealkylation sites (N-methyl/N-ethyl adjacent to an activating group) is 1. The largest absolute Gasteiger partial charge is 0.357 e. The van der Waals surface area contributed by atoms with Crippen LogP contribution < -0.4 is 9.62 Å². The fourth-order valence-corrected chi connectivity index (χ4v) is 3.96. The summed E-state index contributed by atoms with van der Waals surface area (Å²) in [5.74, 6) is -0.830. The van der Waals surface area contributed by atoms with Crippen LogP contribution in [-0.2, 0) is 26.2 Å². The Morgan fingerprint density at radius 2 is 1.70 bits per heavy atom. The Morgan fingerprint density at radius 1 is 1.10 bits per heavy atom. The quantitative estimate of drug-likeness (QED) is 0.668. The molecular formula is C21H26ClN3O4S. The molecule has 30 heavy (non-hydrogen) atoms. The van der Waals surface area contributed by atoms with Crippen LogP contribution >= 0.6 is 11.6 Å². The van der Waals surface area contributed by atoms with Crippen molar-refractivity contribution in [1.82, 2.24) is 10.2 Å². The number of carbonyl (C=O) groups is 2. The molecule has 7 nitrogen and oxygen atoms in total. The number of hydrogen-bond donors (Lipinski definition) is 1. The zero-order valence-corrected chi connectivity index (χ0v) is 19.0. The molecule has 0 spiro atoms. The van der Waals surface area contributed by atoms with Crippen LogP contribution in [0, 0.1) is 6.92 Å². The van der Waals surface area contributed by atoms with E-state index in [1.165, 1.54) is 24.1 Å². The van der Waals surface area contributed by atoms with Crippen molar-refractivity contribution in [2.24, 2.45) is 0 Å². The first-order chi connectivity index (χ1) is 14.0. The van der Waals surface area contributed by atoms with Crippen LogP contribution in [0.25, 0.3) is 0 Å². The molecule has 1 unspecified atom stereocenters. The normalized spacial score (nSPS) is 12.2. The topological polar surface area (TPSA) is 86.8 Å². The van der Waals surface area contributed by atoms with Crippen LogP contribution in [0.15, 0.2) is 48.5 Å². The molecule has 2 rings (SSSR count). The van der Waals surface area contributed by atoms with Gasteiger partial charge in [0, 0.05) is 18.6 Å². The standard InChI is InChI=1S/C21H26ClN3O4S/c1-15-7-5-6-8-17(15)13-24(16(2)21(27)23-3)20(26)14-25(30(4,28)29)19-11-9-18(22)10-12-19/h5-12,16H,13-14H2,1-4H3,(H,23,27). The van der Waals surface area contributed by atoms with Gasteiger partial charge >= 0.3 is 0 Å². The van der Waals surface area contributed by atoms with Crippen LogP contribution in [0.3, 0.4) is 0 Å². The zero-order valence-electron chi connectivity index (χ0n) is 17.4. The van der Waals surface area contributed by atoms with Crippen LogP contribution in [0.2, 0.25) is 5.02 Å².